The molecule has 0 aliphatic rings. The molecular formula is C18H26N2O. The van der Waals surface area contributed by atoms with Crippen molar-refractivity contribution in [2.24, 2.45) is 5.92 Å². The smallest absolute Gasteiger partial charge is 0.121 e. The van der Waals surface area contributed by atoms with Crippen molar-refractivity contribution in [3.8, 4) is 5.75 Å². The third-order valence-electron chi connectivity index (χ3n) is 3.43. The lowest BCUT2D eigenvalue weighted by Crippen LogP contribution is -2.22. The third kappa shape index (κ3) is 5.35. The van der Waals surface area contributed by atoms with Gasteiger partial charge < -0.3 is 10.1 Å². The van der Waals surface area contributed by atoms with E-state index in [4.69, 9.17) is 4.74 Å². The van der Waals surface area contributed by atoms with Gasteiger partial charge in [0.2, 0.25) is 0 Å². The van der Waals surface area contributed by atoms with Crippen LogP contribution in [0.4, 0.5) is 0 Å². The van der Waals surface area contributed by atoms with Gasteiger partial charge in [0, 0.05) is 17.6 Å². The van der Waals surface area contributed by atoms with Crippen molar-refractivity contribution in [1.82, 2.24) is 10.3 Å². The number of nitrogens with one attached hydrogen (secondary N) is 1. The van der Waals surface area contributed by atoms with Crippen molar-refractivity contribution in [2.45, 2.75) is 39.7 Å². The number of benzene rings is 1. The highest BCUT2D eigenvalue weighted by Crippen LogP contribution is 2.20. The first-order chi connectivity index (χ1) is 10.1. The molecule has 21 heavy (non-hydrogen) atoms. The summed E-state index contributed by atoms with van der Waals surface area (Å²) in [6.45, 7) is 8.74. The molecule has 1 heterocycles. The van der Waals surface area contributed by atoms with Gasteiger partial charge in [0.1, 0.15) is 5.75 Å². The molecule has 0 aliphatic carbocycles. The average molecular weight is 286 g/mol. The molecule has 0 saturated heterocycles. The molecule has 0 saturated carbocycles. The lowest BCUT2D eigenvalue weighted by atomic mass is 10.2. The van der Waals surface area contributed by atoms with Gasteiger partial charge in [-0.05, 0) is 57.0 Å². The van der Waals surface area contributed by atoms with Crippen LogP contribution in [0.5, 0.6) is 5.75 Å². The largest absolute Gasteiger partial charge is 0.491 e. The number of fused-ring (bicyclic) bond motifs is 1. The number of nitrogens with zero attached hydrogens (tertiary/aromatic N) is 1. The molecule has 0 aliphatic heterocycles. The number of pyridine rings is 1. The Morgan fingerprint density at radius 2 is 2.05 bits per heavy atom. The molecule has 1 aromatic heterocycles. The van der Waals surface area contributed by atoms with Gasteiger partial charge in [-0.1, -0.05) is 19.9 Å². The highest BCUT2D eigenvalue weighted by Gasteiger charge is 2.05. The van der Waals surface area contributed by atoms with Crippen LogP contribution in [0.1, 0.15) is 33.6 Å². The lowest BCUT2D eigenvalue weighted by Gasteiger charge is -2.15. The monoisotopic (exact) mass is 286 g/mol. The predicted octanol–water partition coefficient (Wildman–Crippen LogP) is 4.03. The molecule has 0 radical (unpaired) electrons. The van der Waals surface area contributed by atoms with Crippen molar-refractivity contribution >= 4 is 10.9 Å². The van der Waals surface area contributed by atoms with Crippen molar-refractivity contribution in [3.63, 3.8) is 0 Å². The molecule has 2 rings (SSSR count). The zero-order valence-corrected chi connectivity index (χ0v) is 13.3. The molecule has 1 aromatic carbocycles. The van der Waals surface area contributed by atoms with Crippen molar-refractivity contribution < 1.29 is 4.74 Å². The molecular weight excluding hydrogens is 260 g/mol. The van der Waals surface area contributed by atoms with Crippen LogP contribution in [0.2, 0.25) is 0 Å². The zero-order chi connectivity index (χ0) is 15.1. The Morgan fingerprint density at radius 3 is 2.86 bits per heavy atom. The van der Waals surface area contributed by atoms with Crippen LogP contribution in [0.3, 0.4) is 0 Å². The molecule has 1 unspecified atom stereocenters. The zero-order valence-electron chi connectivity index (χ0n) is 13.3. The minimum Gasteiger partial charge on any atom is -0.491 e. The van der Waals surface area contributed by atoms with Gasteiger partial charge in [0.05, 0.1) is 11.6 Å². The maximum Gasteiger partial charge on any atom is 0.121 e. The quantitative estimate of drug-likeness (QED) is 0.744. The second kappa shape index (κ2) is 7.99. The summed E-state index contributed by atoms with van der Waals surface area (Å²) in [5, 5.41) is 4.61. The molecule has 0 fully saturated rings. The molecule has 0 bridgehead atoms. The molecule has 0 spiro atoms. The van der Waals surface area contributed by atoms with E-state index in [9.17, 15) is 0 Å². The van der Waals surface area contributed by atoms with Gasteiger partial charge in [0.25, 0.3) is 0 Å². The van der Waals surface area contributed by atoms with E-state index in [1.54, 1.807) is 0 Å². The van der Waals surface area contributed by atoms with E-state index in [1.165, 1.54) is 0 Å². The molecule has 1 atom stereocenters. The van der Waals surface area contributed by atoms with E-state index in [1.807, 2.05) is 24.4 Å². The first kappa shape index (κ1) is 15.8. The second-order valence-corrected chi connectivity index (χ2v) is 6.03. The van der Waals surface area contributed by atoms with Crippen molar-refractivity contribution in [1.29, 1.82) is 0 Å². The Labute approximate surface area is 127 Å². The van der Waals surface area contributed by atoms with Crippen LogP contribution in [0.25, 0.3) is 10.9 Å². The van der Waals surface area contributed by atoms with Gasteiger partial charge in [-0.3, -0.25) is 4.98 Å². The van der Waals surface area contributed by atoms with Gasteiger partial charge in [-0.25, -0.2) is 0 Å². The Hall–Kier alpha value is -1.61. The summed E-state index contributed by atoms with van der Waals surface area (Å²) in [5.41, 5.74) is 0.987. The fourth-order valence-corrected chi connectivity index (χ4v) is 2.32. The van der Waals surface area contributed by atoms with Crippen LogP contribution >= 0.6 is 0 Å². The van der Waals surface area contributed by atoms with Gasteiger partial charge in [0.15, 0.2) is 0 Å². The van der Waals surface area contributed by atoms with Crippen molar-refractivity contribution in [2.75, 3.05) is 13.1 Å². The highest BCUT2D eigenvalue weighted by atomic mass is 16.5. The Kier molecular flexibility index (Phi) is 6.00. The molecule has 0 amide bonds. The van der Waals surface area contributed by atoms with Crippen LogP contribution < -0.4 is 10.1 Å². The normalized spacial score (nSPS) is 12.8. The first-order valence-electron chi connectivity index (χ1n) is 7.87. The van der Waals surface area contributed by atoms with E-state index >= 15 is 0 Å². The summed E-state index contributed by atoms with van der Waals surface area (Å²) >= 11 is 0. The fraction of sp³-hybridized carbons (Fsp3) is 0.500. The molecule has 114 valence electrons. The van der Waals surface area contributed by atoms with Gasteiger partial charge >= 0.3 is 0 Å². The number of hydrogen-bond acceptors (Lipinski definition) is 3. The van der Waals surface area contributed by atoms with E-state index in [0.717, 1.165) is 42.6 Å². The van der Waals surface area contributed by atoms with E-state index in [2.05, 4.69) is 43.2 Å². The summed E-state index contributed by atoms with van der Waals surface area (Å²) in [7, 11) is 0. The Balaban J connectivity index is 1.77. The summed E-state index contributed by atoms with van der Waals surface area (Å²) in [6, 6.07) is 10.1. The van der Waals surface area contributed by atoms with E-state index < -0.39 is 0 Å². The summed E-state index contributed by atoms with van der Waals surface area (Å²) in [6.07, 6.45) is 4.24. The van der Waals surface area contributed by atoms with Crippen molar-refractivity contribution in [3.05, 3.63) is 36.5 Å². The lowest BCUT2D eigenvalue weighted by molar-refractivity contribution is 0.207. The third-order valence-corrected chi connectivity index (χ3v) is 3.43. The Morgan fingerprint density at radius 1 is 1.19 bits per heavy atom. The fourth-order valence-electron chi connectivity index (χ4n) is 2.32. The maximum atomic E-state index is 5.98. The topological polar surface area (TPSA) is 34.1 Å². The van der Waals surface area contributed by atoms with E-state index in [0.29, 0.717) is 5.92 Å². The number of hydrogen-bond donors (Lipinski definition) is 1. The number of rotatable bonds is 8. The average Bonchev–Trinajstić information content (AvgIpc) is 2.46. The Bertz CT molecular complexity index is 554. The van der Waals surface area contributed by atoms with Crippen LogP contribution in [0.15, 0.2) is 36.5 Å². The highest BCUT2D eigenvalue weighted by molar-refractivity contribution is 5.79. The van der Waals surface area contributed by atoms with Gasteiger partial charge in [-0.15, -0.1) is 0 Å². The molecule has 3 heteroatoms. The summed E-state index contributed by atoms with van der Waals surface area (Å²) in [5.74, 6) is 1.62. The number of aromatic nitrogens is 1. The number of ether oxygens (including phenoxy) is 1. The summed E-state index contributed by atoms with van der Waals surface area (Å²) < 4.78 is 5.98. The minimum absolute atomic E-state index is 0.229. The van der Waals surface area contributed by atoms with Crippen LogP contribution in [-0.2, 0) is 0 Å². The predicted molar refractivity (Wildman–Crippen MR) is 88.8 cm³/mol. The summed E-state index contributed by atoms with van der Waals surface area (Å²) in [4.78, 5) is 4.36. The standard InChI is InChI=1S/C18H26N2O/c1-14(2)13-19-10-4-6-15(3)21-17-9-8-16-7-5-11-20-18(16)12-17/h5,7-9,11-12,14-15,19H,4,6,10,13H2,1-3H3. The van der Waals surface area contributed by atoms with Gasteiger partial charge in [-0.2, -0.15) is 0 Å². The molecule has 1 N–H and O–H groups in total. The van der Waals surface area contributed by atoms with E-state index in [-0.39, 0.29) is 6.10 Å². The van der Waals surface area contributed by atoms with Crippen LogP contribution in [0, 0.1) is 5.92 Å². The second-order valence-electron chi connectivity index (χ2n) is 6.03. The van der Waals surface area contributed by atoms with Crippen LogP contribution in [-0.4, -0.2) is 24.2 Å². The SMILES string of the molecule is CC(C)CNCCCC(C)Oc1ccc2cccnc2c1. The minimum atomic E-state index is 0.229. The maximum absolute atomic E-state index is 5.98. The molecule has 2 aromatic rings. The molecule has 3 nitrogen and oxygen atoms in total. The first-order valence-corrected chi connectivity index (χ1v) is 7.87.